The van der Waals surface area contributed by atoms with Crippen LogP contribution in [-0.2, 0) is 0 Å². The van der Waals surface area contributed by atoms with Crippen LogP contribution in [-0.4, -0.2) is 45.5 Å². The molecule has 0 saturated carbocycles. The Bertz CT molecular complexity index is 991. The van der Waals surface area contributed by atoms with Crippen molar-refractivity contribution in [2.45, 2.75) is 6.04 Å². The first-order valence-electron chi connectivity index (χ1n) is 8.01. The number of aliphatic hydroxyl groups is 2. The van der Waals surface area contributed by atoms with Crippen molar-refractivity contribution in [1.82, 2.24) is 10.3 Å². The molecular formula is C19H18N2O5. The quantitative estimate of drug-likeness (QED) is 0.467. The van der Waals surface area contributed by atoms with Gasteiger partial charge in [-0.2, -0.15) is 0 Å². The summed E-state index contributed by atoms with van der Waals surface area (Å²) in [5, 5.41) is 31.6. The van der Waals surface area contributed by atoms with E-state index in [0.29, 0.717) is 27.5 Å². The maximum atomic E-state index is 12.1. The molecule has 0 saturated heterocycles. The molecule has 2 aromatic carbocycles. The summed E-state index contributed by atoms with van der Waals surface area (Å²) in [6, 6.07) is 10.6. The summed E-state index contributed by atoms with van der Waals surface area (Å²) in [5.74, 6) is -0.419. The van der Waals surface area contributed by atoms with Gasteiger partial charge in [-0.25, -0.2) is 0 Å². The van der Waals surface area contributed by atoms with E-state index < -0.39 is 11.9 Å². The van der Waals surface area contributed by atoms with E-state index in [1.54, 1.807) is 36.4 Å². The van der Waals surface area contributed by atoms with Gasteiger partial charge in [-0.3, -0.25) is 9.59 Å². The summed E-state index contributed by atoms with van der Waals surface area (Å²) in [4.78, 5) is 26.7. The van der Waals surface area contributed by atoms with Gasteiger partial charge in [-0.05, 0) is 29.8 Å². The highest BCUT2D eigenvalue weighted by atomic mass is 16.3. The number of fused-ring (bicyclic) bond motifs is 1. The number of H-pyrrole nitrogens is 1. The van der Waals surface area contributed by atoms with Crippen molar-refractivity contribution in [3.63, 3.8) is 0 Å². The molecule has 1 amide bonds. The van der Waals surface area contributed by atoms with E-state index in [9.17, 15) is 14.7 Å². The fraction of sp³-hybridized carbons (Fsp3) is 0.158. The van der Waals surface area contributed by atoms with Crippen molar-refractivity contribution in [2.24, 2.45) is 0 Å². The third kappa shape index (κ3) is 3.30. The molecule has 0 aliphatic rings. The first-order chi connectivity index (χ1) is 12.5. The summed E-state index contributed by atoms with van der Waals surface area (Å²) >= 11 is 0. The molecular weight excluding hydrogens is 336 g/mol. The molecule has 0 aliphatic carbocycles. The lowest BCUT2D eigenvalue weighted by molar-refractivity contribution is 0.0879. The number of rotatable bonds is 5. The van der Waals surface area contributed by atoms with Crippen LogP contribution in [0.15, 0.2) is 53.5 Å². The lowest BCUT2D eigenvalue weighted by Gasteiger charge is -2.13. The molecule has 3 aromatic rings. The predicted molar refractivity (Wildman–Crippen MR) is 97.1 cm³/mol. The van der Waals surface area contributed by atoms with Gasteiger partial charge in [0.15, 0.2) is 0 Å². The van der Waals surface area contributed by atoms with Gasteiger partial charge in [0.1, 0.15) is 5.75 Å². The van der Waals surface area contributed by atoms with Crippen LogP contribution in [0.1, 0.15) is 10.4 Å². The number of carbonyl (C=O) groups is 1. The Hall–Kier alpha value is -3.16. The monoisotopic (exact) mass is 354 g/mol. The van der Waals surface area contributed by atoms with Gasteiger partial charge in [0.2, 0.25) is 0 Å². The number of phenolic OH excluding ortho intramolecular Hbond substituents is 1. The molecule has 134 valence electrons. The van der Waals surface area contributed by atoms with E-state index in [-0.39, 0.29) is 24.5 Å². The van der Waals surface area contributed by atoms with E-state index in [1.165, 1.54) is 12.3 Å². The van der Waals surface area contributed by atoms with Crippen LogP contribution in [0.4, 0.5) is 0 Å². The highest BCUT2D eigenvalue weighted by molar-refractivity contribution is 6.00. The van der Waals surface area contributed by atoms with Crippen molar-refractivity contribution in [2.75, 3.05) is 13.2 Å². The van der Waals surface area contributed by atoms with E-state index in [0.717, 1.165) is 0 Å². The molecule has 0 aliphatic heterocycles. The third-order valence-corrected chi connectivity index (χ3v) is 4.14. The molecule has 0 spiro atoms. The maximum absolute atomic E-state index is 12.1. The summed E-state index contributed by atoms with van der Waals surface area (Å²) < 4.78 is 0. The smallest absolute Gasteiger partial charge is 0.255 e. The summed E-state index contributed by atoms with van der Waals surface area (Å²) in [7, 11) is 0. The molecule has 0 bridgehead atoms. The molecule has 0 unspecified atom stereocenters. The van der Waals surface area contributed by atoms with E-state index in [4.69, 9.17) is 10.2 Å². The number of aromatic amines is 1. The molecule has 5 N–H and O–H groups in total. The number of aromatic hydroxyl groups is 1. The van der Waals surface area contributed by atoms with Crippen LogP contribution in [0.3, 0.4) is 0 Å². The molecule has 7 heteroatoms. The molecule has 26 heavy (non-hydrogen) atoms. The Balaban J connectivity index is 1.97. The standard InChI is InChI=1S/C19H18N2O5/c22-9-13(10-23)21-18(25)12-6-4-11(5-7-12)15-8-20-19(26)14-2-1-3-16(24)17(14)15/h1-8,13,22-24H,9-10H2,(H,20,26)(H,21,25). The predicted octanol–water partition coefficient (Wildman–Crippen LogP) is 0.984. The van der Waals surface area contributed by atoms with E-state index in [1.807, 2.05) is 0 Å². The second kappa shape index (κ2) is 7.38. The van der Waals surface area contributed by atoms with Crippen LogP contribution in [0.5, 0.6) is 5.75 Å². The first kappa shape index (κ1) is 17.7. The second-order valence-corrected chi connectivity index (χ2v) is 5.84. The zero-order valence-corrected chi connectivity index (χ0v) is 13.8. The Labute approximate surface area is 148 Å². The number of carbonyl (C=O) groups excluding carboxylic acids is 1. The number of phenols is 1. The molecule has 0 radical (unpaired) electrons. The maximum Gasteiger partial charge on any atom is 0.255 e. The third-order valence-electron chi connectivity index (χ3n) is 4.14. The number of aliphatic hydroxyl groups excluding tert-OH is 2. The van der Waals surface area contributed by atoms with E-state index in [2.05, 4.69) is 10.3 Å². The zero-order valence-electron chi connectivity index (χ0n) is 13.8. The number of benzene rings is 2. The number of hydrogen-bond donors (Lipinski definition) is 5. The van der Waals surface area contributed by atoms with Gasteiger partial charge < -0.3 is 25.6 Å². The zero-order chi connectivity index (χ0) is 18.7. The van der Waals surface area contributed by atoms with Crippen LogP contribution < -0.4 is 10.9 Å². The van der Waals surface area contributed by atoms with Gasteiger partial charge in [0.25, 0.3) is 11.5 Å². The minimum absolute atomic E-state index is 0.000784. The minimum Gasteiger partial charge on any atom is -0.507 e. The Morgan fingerprint density at radius 2 is 1.77 bits per heavy atom. The van der Waals surface area contributed by atoms with Crippen LogP contribution in [0.25, 0.3) is 21.9 Å². The average Bonchev–Trinajstić information content (AvgIpc) is 2.67. The topological polar surface area (TPSA) is 123 Å². The van der Waals surface area contributed by atoms with E-state index >= 15 is 0 Å². The molecule has 1 heterocycles. The highest BCUT2D eigenvalue weighted by Gasteiger charge is 2.14. The van der Waals surface area contributed by atoms with Crippen molar-refractivity contribution in [3.05, 3.63) is 64.6 Å². The molecule has 7 nitrogen and oxygen atoms in total. The number of aromatic nitrogens is 1. The number of amides is 1. The van der Waals surface area contributed by atoms with Gasteiger partial charge in [0, 0.05) is 22.7 Å². The summed E-state index contributed by atoms with van der Waals surface area (Å²) in [6.45, 7) is -0.716. The van der Waals surface area contributed by atoms with Crippen LogP contribution in [0, 0.1) is 0 Å². The summed E-state index contributed by atoms with van der Waals surface area (Å²) in [5.41, 5.74) is 1.41. The van der Waals surface area contributed by atoms with Crippen molar-refractivity contribution in [1.29, 1.82) is 0 Å². The summed E-state index contributed by atoms with van der Waals surface area (Å²) in [6.07, 6.45) is 1.52. The highest BCUT2D eigenvalue weighted by Crippen LogP contribution is 2.32. The second-order valence-electron chi connectivity index (χ2n) is 5.84. The fourth-order valence-corrected chi connectivity index (χ4v) is 2.75. The Morgan fingerprint density at radius 1 is 1.08 bits per heavy atom. The number of pyridine rings is 1. The number of nitrogens with one attached hydrogen (secondary N) is 2. The van der Waals surface area contributed by atoms with Gasteiger partial charge in [0.05, 0.1) is 24.6 Å². The van der Waals surface area contributed by atoms with Gasteiger partial charge in [-0.15, -0.1) is 0 Å². The SMILES string of the molecule is O=C(NC(CO)CO)c1ccc(-c2c[nH]c(=O)c3cccc(O)c23)cc1. The van der Waals surface area contributed by atoms with Crippen molar-refractivity contribution in [3.8, 4) is 16.9 Å². The van der Waals surface area contributed by atoms with Crippen molar-refractivity contribution >= 4 is 16.7 Å². The number of hydrogen-bond acceptors (Lipinski definition) is 5. The fourth-order valence-electron chi connectivity index (χ4n) is 2.75. The van der Waals surface area contributed by atoms with Crippen LogP contribution >= 0.6 is 0 Å². The molecule has 0 fully saturated rings. The normalized spacial score (nSPS) is 11.0. The average molecular weight is 354 g/mol. The molecule has 1 aromatic heterocycles. The lowest BCUT2D eigenvalue weighted by Crippen LogP contribution is -2.40. The van der Waals surface area contributed by atoms with Crippen LogP contribution in [0.2, 0.25) is 0 Å². The van der Waals surface area contributed by atoms with Gasteiger partial charge >= 0.3 is 0 Å². The molecule has 0 atom stereocenters. The van der Waals surface area contributed by atoms with Crippen molar-refractivity contribution < 1.29 is 20.1 Å². The molecule has 3 rings (SSSR count). The first-order valence-corrected chi connectivity index (χ1v) is 8.01. The Morgan fingerprint density at radius 3 is 2.42 bits per heavy atom. The lowest BCUT2D eigenvalue weighted by atomic mass is 9.99. The van der Waals surface area contributed by atoms with Gasteiger partial charge in [-0.1, -0.05) is 18.2 Å². The Kier molecular flexibility index (Phi) is 5.01. The minimum atomic E-state index is -0.720. The largest absolute Gasteiger partial charge is 0.507 e.